The van der Waals surface area contributed by atoms with Gasteiger partial charge in [0.1, 0.15) is 5.75 Å². The van der Waals surface area contributed by atoms with Crippen LogP contribution in [0.2, 0.25) is 0 Å². The summed E-state index contributed by atoms with van der Waals surface area (Å²) in [6.45, 7) is 4.29. The van der Waals surface area contributed by atoms with Crippen LogP contribution >= 0.6 is 0 Å². The van der Waals surface area contributed by atoms with E-state index in [1.54, 1.807) is 0 Å². The zero-order valence-electron chi connectivity index (χ0n) is 13.9. The van der Waals surface area contributed by atoms with Crippen molar-refractivity contribution in [3.05, 3.63) is 71.3 Å². The Morgan fingerprint density at radius 2 is 1.56 bits per heavy atom. The molecule has 2 aliphatic rings. The fourth-order valence-electron chi connectivity index (χ4n) is 4.36. The Bertz CT molecular complexity index is 1080. The van der Waals surface area contributed by atoms with Crippen LogP contribution < -0.4 is 4.74 Å². The molecule has 3 heteroatoms. The van der Waals surface area contributed by atoms with Crippen molar-refractivity contribution in [2.24, 2.45) is 0 Å². The van der Waals surface area contributed by atoms with Crippen molar-refractivity contribution in [2.45, 2.75) is 25.4 Å². The van der Waals surface area contributed by atoms with E-state index in [9.17, 15) is 8.78 Å². The summed E-state index contributed by atoms with van der Waals surface area (Å²) in [5.74, 6) is 0.280. The Morgan fingerprint density at radius 1 is 0.880 bits per heavy atom. The molecule has 1 heterocycles. The van der Waals surface area contributed by atoms with E-state index in [0.717, 1.165) is 33.5 Å². The molecule has 3 aromatic carbocycles. The molecule has 1 nitrogen and oxygen atoms in total. The number of rotatable bonds is 0. The van der Waals surface area contributed by atoms with Gasteiger partial charge in [-0.2, -0.15) is 8.78 Å². The van der Waals surface area contributed by atoms with Gasteiger partial charge in [-0.05, 0) is 33.7 Å². The monoisotopic (exact) mass is 334 g/mol. The molecule has 0 saturated heterocycles. The van der Waals surface area contributed by atoms with Gasteiger partial charge in [0.2, 0.25) is 0 Å². The maximum atomic E-state index is 13.9. The van der Waals surface area contributed by atoms with Crippen molar-refractivity contribution >= 4 is 16.8 Å². The van der Waals surface area contributed by atoms with Gasteiger partial charge >= 0.3 is 6.11 Å². The molecule has 0 aromatic heterocycles. The van der Waals surface area contributed by atoms with E-state index in [4.69, 9.17) is 4.74 Å². The Hall–Kier alpha value is -2.68. The largest absolute Gasteiger partial charge is 0.428 e. The van der Waals surface area contributed by atoms with Crippen LogP contribution in [-0.4, -0.2) is 6.11 Å². The number of hydrogen-bond acceptors (Lipinski definition) is 1. The first kappa shape index (κ1) is 14.6. The van der Waals surface area contributed by atoms with Crippen molar-refractivity contribution in [3.63, 3.8) is 0 Å². The van der Waals surface area contributed by atoms with Crippen molar-refractivity contribution in [2.75, 3.05) is 0 Å². The molecule has 5 rings (SSSR count). The molecule has 1 aliphatic heterocycles. The van der Waals surface area contributed by atoms with E-state index < -0.39 is 6.11 Å². The van der Waals surface area contributed by atoms with Crippen LogP contribution in [-0.2, 0) is 5.41 Å². The normalized spacial score (nSPS) is 18.4. The summed E-state index contributed by atoms with van der Waals surface area (Å²) >= 11 is 0. The second-order valence-corrected chi connectivity index (χ2v) is 7.21. The second-order valence-electron chi connectivity index (χ2n) is 7.21. The standard InChI is InChI=1S/C22H16F2O/c1-21(2)17-10-6-5-9-15(17)18-13-7-3-4-8-14(13)20-16(19(18)21)11-12-22(23,24)25-20/h3-12H,1-2H3. The first-order chi connectivity index (χ1) is 11.9. The van der Waals surface area contributed by atoms with Crippen molar-refractivity contribution < 1.29 is 13.5 Å². The number of fused-ring (bicyclic) bond motifs is 8. The van der Waals surface area contributed by atoms with Crippen LogP contribution in [0.1, 0.15) is 30.5 Å². The quantitative estimate of drug-likeness (QED) is 0.479. The third kappa shape index (κ3) is 1.81. The highest BCUT2D eigenvalue weighted by Gasteiger charge is 2.42. The van der Waals surface area contributed by atoms with Gasteiger partial charge in [0.25, 0.3) is 0 Å². The molecule has 0 unspecified atom stereocenters. The molecule has 0 amide bonds. The summed E-state index contributed by atoms with van der Waals surface area (Å²) in [5, 5.41) is 1.69. The van der Waals surface area contributed by atoms with E-state index in [-0.39, 0.29) is 11.2 Å². The molecule has 1 aliphatic carbocycles. The predicted octanol–water partition coefficient (Wildman–Crippen LogP) is 6.14. The molecule has 0 saturated carbocycles. The average molecular weight is 334 g/mol. The Labute approximate surface area is 144 Å². The van der Waals surface area contributed by atoms with Gasteiger partial charge in [0, 0.05) is 22.4 Å². The Balaban J connectivity index is 2.01. The van der Waals surface area contributed by atoms with Crippen LogP contribution in [0.4, 0.5) is 8.78 Å². The van der Waals surface area contributed by atoms with E-state index in [0.29, 0.717) is 0 Å². The lowest BCUT2D eigenvalue weighted by atomic mass is 9.78. The van der Waals surface area contributed by atoms with Gasteiger partial charge < -0.3 is 4.74 Å². The Kier molecular flexibility index (Phi) is 2.63. The number of hydrogen-bond donors (Lipinski definition) is 0. The third-order valence-corrected chi connectivity index (χ3v) is 5.38. The fraction of sp³-hybridized carbons (Fsp3) is 0.182. The van der Waals surface area contributed by atoms with Crippen molar-refractivity contribution in [1.29, 1.82) is 0 Å². The molecule has 0 atom stereocenters. The van der Waals surface area contributed by atoms with Crippen LogP contribution in [0, 0.1) is 0 Å². The molecule has 25 heavy (non-hydrogen) atoms. The van der Waals surface area contributed by atoms with Crippen LogP contribution in [0.5, 0.6) is 5.75 Å². The first-order valence-corrected chi connectivity index (χ1v) is 8.35. The molecule has 124 valence electrons. The van der Waals surface area contributed by atoms with Crippen LogP contribution in [0.15, 0.2) is 54.6 Å². The van der Waals surface area contributed by atoms with E-state index in [1.165, 1.54) is 17.2 Å². The zero-order valence-corrected chi connectivity index (χ0v) is 13.9. The number of halogens is 2. The van der Waals surface area contributed by atoms with Gasteiger partial charge in [-0.15, -0.1) is 0 Å². The lowest BCUT2D eigenvalue weighted by Gasteiger charge is -2.29. The van der Waals surface area contributed by atoms with Gasteiger partial charge in [-0.3, -0.25) is 0 Å². The minimum atomic E-state index is -3.28. The van der Waals surface area contributed by atoms with Gasteiger partial charge in [0.05, 0.1) is 0 Å². The number of ether oxygens (including phenoxy) is 1. The number of alkyl halides is 2. The molecule has 0 bridgehead atoms. The number of benzene rings is 3. The summed E-state index contributed by atoms with van der Waals surface area (Å²) in [6, 6.07) is 16.0. The topological polar surface area (TPSA) is 9.23 Å². The van der Waals surface area contributed by atoms with Gasteiger partial charge in [-0.1, -0.05) is 62.4 Å². The first-order valence-electron chi connectivity index (χ1n) is 8.35. The predicted molar refractivity (Wildman–Crippen MR) is 96.1 cm³/mol. The molecule has 0 fully saturated rings. The molecule has 0 radical (unpaired) electrons. The summed E-state index contributed by atoms with van der Waals surface area (Å²) in [5.41, 5.74) is 5.07. The fourth-order valence-corrected chi connectivity index (χ4v) is 4.36. The SMILES string of the molecule is CC1(C)c2ccccc2-c2c1c1c(c3ccccc23)OC(F)(F)C=C1. The highest BCUT2D eigenvalue weighted by atomic mass is 19.3. The van der Waals surface area contributed by atoms with E-state index in [2.05, 4.69) is 26.0 Å². The molecular weight excluding hydrogens is 318 g/mol. The minimum Gasteiger partial charge on any atom is -0.428 e. The highest BCUT2D eigenvalue weighted by molar-refractivity contribution is 6.08. The smallest absolute Gasteiger partial charge is 0.419 e. The molecule has 3 aromatic rings. The second kappa shape index (κ2) is 4.48. The summed E-state index contributed by atoms with van der Waals surface area (Å²) in [4.78, 5) is 0. The lowest BCUT2D eigenvalue weighted by molar-refractivity contribution is -0.132. The molecule has 0 spiro atoms. The zero-order chi connectivity index (χ0) is 17.4. The maximum absolute atomic E-state index is 13.9. The van der Waals surface area contributed by atoms with Crippen molar-refractivity contribution in [1.82, 2.24) is 0 Å². The molecule has 0 N–H and O–H groups in total. The summed E-state index contributed by atoms with van der Waals surface area (Å²) in [6.07, 6.45) is -0.902. The lowest BCUT2D eigenvalue weighted by Crippen LogP contribution is -2.26. The Morgan fingerprint density at radius 3 is 2.36 bits per heavy atom. The van der Waals surface area contributed by atoms with Gasteiger partial charge in [0.15, 0.2) is 0 Å². The van der Waals surface area contributed by atoms with E-state index in [1.807, 2.05) is 36.4 Å². The molecular formula is C22H16F2O. The minimum absolute atomic E-state index is 0.277. The van der Waals surface area contributed by atoms with E-state index >= 15 is 0 Å². The highest BCUT2D eigenvalue weighted by Crippen LogP contribution is 2.56. The van der Waals surface area contributed by atoms with Gasteiger partial charge in [-0.25, -0.2) is 0 Å². The third-order valence-electron chi connectivity index (χ3n) is 5.38. The van der Waals surface area contributed by atoms with Crippen molar-refractivity contribution in [3.8, 4) is 16.9 Å². The maximum Gasteiger partial charge on any atom is 0.419 e. The van der Waals surface area contributed by atoms with Crippen LogP contribution in [0.3, 0.4) is 0 Å². The summed E-state index contributed by atoms with van der Waals surface area (Å²) in [7, 11) is 0. The average Bonchev–Trinajstić information content (AvgIpc) is 2.83. The van der Waals surface area contributed by atoms with Crippen LogP contribution in [0.25, 0.3) is 28.0 Å². The summed E-state index contributed by atoms with van der Waals surface area (Å²) < 4.78 is 32.9.